The lowest BCUT2D eigenvalue weighted by Crippen LogP contribution is -2.11. The highest BCUT2D eigenvalue weighted by atomic mass is 35.5. The minimum absolute atomic E-state index is 0.277. The molecule has 32 heavy (non-hydrogen) atoms. The van der Waals surface area contributed by atoms with Crippen molar-refractivity contribution in [2.75, 3.05) is 10.7 Å². The molecule has 0 bridgehead atoms. The fraction of sp³-hybridized carbons (Fsp3) is 0. The molecule has 4 aromatic rings. The van der Waals surface area contributed by atoms with Gasteiger partial charge in [0, 0.05) is 21.7 Å². The van der Waals surface area contributed by atoms with Gasteiger partial charge in [0.25, 0.3) is 5.91 Å². The fourth-order valence-corrected chi connectivity index (χ4v) is 4.07. The van der Waals surface area contributed by atoms with Gasteiger partial charge in [-0.2, -0.15) is 5.10 Å². The van der Waals surface area contributed by atoms with Gasteiger partial charge in [0.1, 0.15) is 16.5 Å². The summed E-state index contributed by atoms with van der Waals surface area (Å²) >= 11 is 13.3. The minimum atomic E-state index is -0.360. The smallest absolute Gasteiger partial charge is 0.256 e. The molecule has 0 unspecified atom stereocenters. The number of rotatable bonds is 6. The van der Waals surface area contributed by atoms with Gasteiger partial charge in [-0.3, -0.25) is 10.2 Å². The highest BCUT2D eigenvalue weighted by molar-refractivity contribution is 7.20. The second-order valence-electron chi connectivity index (χ2n) is 6.56. The van der Waals surface area contributed by atoms with E-state index in [0.717, 1.165) is 0 Å². The van der Waals surface area contributed by atoms with Crippen molar-refractivity contribution in [2.45, 2.75) is 0 Å². The molecule has 0 spiro atoms. The lowest BCUT2D eigenvalue weighted by Gasteiger charge is -2.05. The number of amides is 1. The van der Waals surface area contributed by atoms with Crippen molar-refractivity contribution < 1.29 is 9.18 Å². The first-order chi connectivity index (χ1) is 15.5. The number of hydrazone groups is 1. The normalized spacial score (nSPS) is 11.0. The summed E-state index contributed by atoms with van der Waals surface area (Å²) in [6, 6.07) is 19.8. The molecule has 9 heteroatoms. The molecule has 0 saturated heterocycles. The molecule has 1 aromatic heterocycles. The Hall–Kier alpha value is -3.26. The number of carbonyl (C=O) groups is 1. The maximum absolute atomic E-state index is 13.4. The van der Waals surface area contributed by atoms with Crippen LogP contribution in [0.15, 0.2) is 77.9 Å². The molecule has 3 aromatic carbocycles. The molecule has 4 rings (SSSR count). The lowest BCUT2D eigenvalue weighted by molar-refractivity contribution is 0.102. The first-order valence-electron chi connectivity index (χ1n) is 9.37. The molecule has 1 amide bonds. The summed E-state index contributed by atoms with van der Waals surface area (Å²) in [7, 11) is 0. The zero-order valence-corrected chi connectivity index (χ0v) is 18.7. The Kier molecular flexibility index (Phi) is 6.80. The molecule has 0 fully saturated rings. The van der Waals surface area contributed by atoms with E-state index in [2.05, 4.69) is 20.8 Å². The van der Waals surface area contributed by atoms with Crippen molar-refractivity contribution in [1.82, 2.24) is 4.98 Å². The monoisotopic (exact) mass is 484 g/mol. The van der Waals surface area contributed by atoms with Gasteiger partial charge >= 0.3 is 0 Å². The number of thiazole rings is 1. The maximum Gasteiger partial charge on any atom is 0.256 e. The first-order valence-corrected chi connectivity index (χ1v) is 10.9. The highest BCUT2D eigenvalue weighted by Gasteiger charge is 2.16. The van der Waals surface area contributed by atoms with Crippen molar-refractivity contribution >= 4 is 56.8 Å². The van der Waals surface area contributed by atoms with Crippen molar-refractivity contribution in [3.05, 3.63) is 99.8 Å². The topological polar surface area (TPSA) is 66.4 Å². The molecule has 0 aliphatic rings. The summed E-state index contributed by atoms with van der Waals surface area (Å²) in [6.07, 6.45) is 1.54. The Morgan fingerprint density at radius 3 is 2.50 bits per heavy atom. The largest absolute Gasteiger partial charge is 0.312 e. The van der Waals surface area contributed by atoms with Crippen molar-refractivity contribution in [3.8, 4) is 11.3 Å². The zero-order chi connectivity index (χ0) is 22.5. The molecule has 0 atom stereocenters. The third-order valence-corrected chi connectivity index (χ3v) is 5.77. The number of carbonyl (C=O) groups excluding carboxylic acids is 1. The lowest BCUT2D eigenvalue weighted by atomic mass is 10.1. The van der Waals surface area contributed by atoms with E-state index < -0.39 is 0 Å². The number of nitrogens with one attached hydrogen (secondary N) is 2. The number of nitrogens with zero attached hydrogens (tertiary/aromatic N) is 2. The second-order valence-corrected chi connectivity index (χ2v) is 8.40. The molecule has 1 heterocycles. The molecule has 0 aliphatic carbocycles. The maximum atomic E-state index is 13.4. The molecule has 0 aliphatic heterocycles. The summed E-state index contributed by atoms with van der Waals surface area (Å²) in [4.78, 5) is 17.2. The molecule has 0 saturated carbocycles. The Morgan fingerprint density at radius 2 is 1.78 bits per heavy atom. The average molecular weight is 485 g/mol. The number of hydrogen-bond donors (Lipinski definition) is 2. The molecule has 5 nitrogen and oxygen atoms in total. The Balaban J connectivity index is 1.60. The Labute approximate surface area is 197 Å². The highest BCUT2D eigenvalue weighted by Crippen LogP contribution is 2.36. The van der Waals surface area contributed by atoms with Crippen LogP contribution >= 0.6 is 34.5 Å². The van der Waals surface area contributed by atoms with E-state index in [-0.39, 0.29) is 11.7 Å². The predicted octanol–water partition coefficient (Wildman–Crippen LogP) is 6.95. The Bertz CT molecular complexity index is 1280. The van der Waals surface area contributed by atoms with Gasteiger partial charge in [-0.05, 0) is 48.5 Å². The summed E-state index contributed by atoms with van der Waals surface area (Å²) in [5.74, 6) is -0.637. The van der Waals surface area contributed by atoms with E-state index in [4.69, 9.17) is 23.2 Å². The van der Waals surface area contributed by atoms with Crippen LogP contribution < -0.4 is 10.7 Å². The summed E-state index contributed by atoms with van der Waals surface area (Å²) < 4.78 is 13.4. The third kappa shape index (κ3) is 5.31. The summed E-state index contributed by atoms with van der Waals surface area (Å²) in [5, 5.41) is 8.99. The fourth-order valence-electron chi connectivity index (χ4n) is 2.78. The molecule has 2 N–H and O–H groups in total. The van der Waals surface area contributed by atoms with Crippen LogP contribution in [-0.2, 0) is 0 Å². The van der Waals surface area contributed by atoms with Crippen LogP contribution in [0.3, 0.4) is 0 Å². The zero-order valence-electron chi connectivity index (χ0n) is 16.4. The third-order valence-electron chi connectivity index (χ3n) is 4.33. The molecule has 0 radical (unpaired) electrons. The van der Waals surface area contributed by atoms with Crippen molar-refractivity contribution in [2.24, 2.45) is 5.10 Å². The summed E-state index contributed by atoms with van der Waals surface area (Å²) in [6.45, 7) is 0. The van der Waals surface area contributed by atoms with Crippen LogP contribution in [0, 0.1) is 5.82 Å². The number of benzene rings is 3. The van der Waals surface area contributed by atoms with Crippen molar-refractivity contribution in [1.29, 1.82) is 0 Å². The number of anilines is 2. The van der Waals surface area contributed by atoms with Gasteiger partial charge in [0.15, 0.2) is 0 Å². The number of hydrogen-bond acceptors (Lipinski definition) is 5. The van der Waals surface area contributed by atoms with E-state index in [9.17, 15) is 9.18 Å². The Morgan fingerprint density at radius 1 is 1.03 bits per heavy atom. The van der Waals surface area contributed by atoms with Crippen LogP contribution in [0.1, 0.15) is 15.9 Å². The van der Waals surface area contributed by atoms with E-state index in [1.54, 1.807) is 60.8 Å². The van der Waals surface area contributed by atoms with Gasteiger partial charge < -0.3 is 5.32 Å². The standard InChI is InChI=1S/C23H15Cl2FN4OS/c24-17-9-6-16(19(25)12-17)13-27-30-23-28-20(14-7-10-18(26)11-8-14)22(32-23)29-21(31)15-4-2-1-3-5-15/h1-13H,(H,28,30)(H,29,31)/b27-13-. The first kappa shape index (κ1) is 22.0. The van der Waals surface area contributed by atoms with Crippen LogP contribution in [0.2, 0.25) is 10.0 Å². The summed E-state index contributed by atoms with van der Waals surface area (Å²) in [5.41, 5.74) is 5.19. The van der Waals surface area contributed by atoms with Crippen molar-refractivity contribution in [3.63, 3.8) is 0 Å². The predicted molar refractivity (Wildman–Crippen MR) is 130 cm³/mol. The minimum Gasteiger partial charge on any atom is -0.312 e. The van der Waals surface area contributed by atoms with Gasteiger partial charge in [-0.25, -0.2) is 9.37 Å². The second kappa shape index (κ2) is 9.91. The quantitative estimate of drug-likeness (QED) is 0.229. The van der Waals surface area contributed by atoms with Gasteiger partial charge in [-0.1, -0.05) is 58.8 Å². The van der Waals surface area contributed by atoms with E-state index in [1.807, 2.05) is 6.07 Å². The van der Waals surface area contributed by atoms with Crippen LogP contribution in [0.25, 0.3) is 11.3 Å². The van der Waals surface area contributed by atoms with Gasteiger partial charge in [0.2, 0.25) is 5.13 Å². The van der Waals surface area contributed by atoms with Crippen LogP contribution in [-0.4, -0.2) is 17.1 Å². The molecular weight excluding hydrogens is 470 g/mol. The number of aromatic nitrogens is 1. The van der Waals surface area contributed by atoms with E-state index >= 15 is 0 Å². The molecule has 160 valence electrons. The van der Waals surface area contributed by atoms with Gasteiger partial charge in [-0.15, -0.1) is 0 Å². The van der Waals surface area contributed by atoms with E-state index in [1.165, 1.54) is 23.5 Å². The SMILES string of the molecule is O=C(Nc1sc(N/N=C\c2ccc(Cl)cc2Cl)nc1-c1ccc(F)cc1)c1ccccc1. The van der Waals surface area contributed by atoms with E-state index in [0.29, 0.717) is 42.6 Å². The van der Waals surface area contributed by atoms with Crippen LogP contribution in [0.5, 0.6) is 0 Å². The average Bonchev–Trinajstić information content (AvgIpc) is 3.18. The van der Waals surface area contributed by atoms with Gasteiger partial charge in [0.05, 0.1) is 11.2 Å². The molecular formula is C23H15Cl2FN4OS. The number of halogens is 3. The van der Waals surface area contributed by atoms with Crippen LogP contribution in [0.4, 0.5) is 14.5 Å².